The first-order valence-electron chi connectivity index (χ1n) is 6.99. The second-order valence-electron chi connectivity index (χ2n) is 5.42. The van der Waals surface area contributed by atoms with E-state index in [1.54, 1.807) is 0 Å². The lowest BCUT2D eigenvalue weighted by Crippen LogP contribution is -2.43. The van der Waals surface area contributed by atoms with E-state index in [9.17, 15) is 4.79 Å². The third-order valence-electron chi connectivity index (χ3n) is 3.92. The lowest BCUT2D eigenvalue weighted by Gasteiger charge is -2.27. The molecule has 0 aromatic heterocycles. The standard InChI is InChI=1S/C13H25N3O/c1-11-10-12(4-5-14-11)13(17)15-6-9-16-7-2-3-8-16/h11-12,14H,2-10H2,1H3,(H,15,17). The summed E-state index contributed by atoms with van der Waals surface area (Å²) in [5.74, 6) is 0.488. The number of hydrogen-bond acceptors (Lipinski definition) is 3. The normalized spacial score (nSPS) is 30.4. The van der Waals surface area contributed by atoms with Crippen molar-refractivity contribution in [1.82, 2.24) is 15.5 Å². The van der Waals surface area contributed by atoms with Crippen LogP contribution in [0.5, 0.6) is 0 Å². The molecule has 0 aromatic rings. The summed E-state index contributed by atoms with van der Waals surface area (Å²) in [4.78, 5) is 14.4. The van der Waals surface area contributed by atoms with Gasteiger partial charge in [0.1, 0.15) is 0 Å². The number of nitrogens with zero attached hydrogens (tertiary/aromatic N) is 1. The molecule has 2 atom stereocenters. The van der Waals surface area contributed by atoms with Crippen molar-refractivity contribution in [2.45, 2.75) is 38.6 Å². The van der Waals surface area contributed by atoms with Crippen LogP contribution in [0.1, 0.15) is 32.6 Å². The third kappa shape index (κ3) is 3.96. The summed E-state index contributed by atoms with van der Waals surface area (Å²) in [6.45, 7) is 7.39. The number of piperidine rings is 1. The zero-order valence-electron chi connectivity index (χ0n) is 10.9. The van der Waals surface area contributed by atoms with Crippen LogP contribution in [0.4, 0.5) is 0 Å². The van der Waals surface area contributed by atoms with Gasteiger partial charge in [0, 0.05) is 25.0 Å². The van der Waals surface area contributed by atoms with Crippen molar-refractivity contribution in [1.29, 1.82) is 0 Å². The molecule has 2 aliphatic heterocycles. The minimum Gasteiger partial charge on any atom is -0.355 e. The topological polar surface area (TPSA) is 44.4 Å². The molecule has 17 heavy (non-hydrogen) atoms. The predicted molar refractivity (Wildman–Crippen MR) is 68.9 cm³/mol. The van der Waals surface area contributed by atoms with Crippen LogP contribution in [0.25, 0.3) is 0 Å². The van der Waals surface area contributed by atoms with Crippen molar-refractivity contribution in [3.8, 4) is 0 Å². The van der Waals surface area contributed by atoms with Crippen LogP contribution in [0.15, 0.2) is 0 Å². The van der Waals surface area contributed by atoms with Gasteiger partial charge in [0.25, 0.3) is 0 Å². The average molecular weight is 239 g/mol. The van der Waals surface area contributed by atoms with Crippen molar-refractivity contribution in [3.63, 3.8) is 0 Å². The van der Waals surface area contributed by atoms with Gasteiger partial charge in [-0.3, -0.25) is 4.79 Å². The number of nitrogens with one attached hydrogen (secondary N) is 2. The van der Waals surface area contributed by atoms with Crippen LogP contribution in [0.2, 0.25) is 0 Å². The lowest BCUT2D eigenvalue weighted by atomic mass is 9.92. The molecule has 2 heterocycles. The lowest BCUT2D eigenvalue weighted by molar-refractivity contribution is -0.126. The van der Waals surface area contributed by atoms with Gasteiger partial charge >= 0.3 is 0 Å². The van der Waals surface area contributed by atoms with E-state index in [1.165, 1.54) is 25.9 Å². The van der Waals surface area contributed by atoms with Crippen LogP contribution in [0.3, 0.4) is 0 Å². The number of carbonyl (C=O) groups excluding carboxylic acids is 1. The highest BCUT2D eigenvalue weighted by Crippen LogP contribution is 2.15. The molecular weight excluding hydrogens is 214 g/mol. The first kappa shape index (κ1) is 12.8. The fourth-order valence-corrected chi connectivity index (χ4v) is 2.86. The molecule has 2 saturated heterocycles. The second kappa shape index (κ2) is 6.36. The van der Waals surface area contributed by atoms with Crippen molar-refractivity contribution < 1.29 is 4.79 Å². The first-order chi connectivity index (χ1) is 8.25. The number of amides is 1. The highest BCUT2D eigenvalue weighted by atomic mass is 16.1. The summed E-state index contributed by atoms with van der Waals surface area (Å²) < 4.78 is 0. The van der Waals surface area contributed by atoms with Crippen molar-refractivity contribution in [3.05, 3.63) is 0 Å². The Kier molecular flexibility index (Phi) is 4.80. The fraction of sp³-hybridized carbons (Fsp3) is 0.923. The van der Waals surface area contributed by atoms with Gasteiger partial charge in [0.15, 0.2) is 0 Å². The molecule has 0 spiro atoms. The van der Waals surface area contributed by atoms with Gasteiger partial charge in [-0.1, -0.05) is 0 Å². The van der Waals surface area contributed by atoms with Gasteiger partial charge in [-0.05, 0) is 52.2 Å². The van der Waals surface area contributed by atoms with Crippen molar-refractivity contribution >= 4 is 5.91 Å². The Morgan fingerprint density at radius 3 is 2.88 bits per heavy atom. The molecule has 0 saturated carbocycles. The predicted octanol–water partition coefficient (Wildman–Crippen LogP) is 0.587. The van der Waals surface area contributed by atoms with E-state index in [4.69, 9.17) is 0 Å². The molecular formula is C13H25N3O. The summed E-state index contributed by atoms with van der Waals surface area (Å²) in [5.41, 5.74) is 0. The largest absolute Gasteiger partial charge is 0.355 e. The van der Waals surface area contributed by atoms with E-state index in [2.05, 4.69) is 22.5 Å². The maximum absolute atomic E-state index is 12.0. The average Bonchev–Trinajstić information content (AvgIpc) is 2.82. The highest BCUT2D eigenvalue weighted by Gasteiger charge is 2.24. The minimum absolute atomic E-state index is 0.227. The molecule has 2 rings (SSSR count). The molecule has 0 radical (unpaired) electrons. The molecule has 2 unspecified atom stereocenters. The fourth-order valence-electron chi connectivity index (χ4n) is 2.86. The van der Waals surface area contributed by atoms with Crippen LogP contribution in [-0.2, 0) is 4.79 Å². The number of carbonyl (C=O) groups is 1. The zero-order chi connectivity index (χ0) is 12.1. The van der Waals surface area contributed by atoms with E-state index >= 15 is 0 Å². The second-order valence-corrected chi connectivity index (χ2v) is 5.42. The third-order valence-corrected chi connectivity index (χ3v) is 3.92. The highest BCUT2D eigenvalue weighted by molar-refractivity contribution is 5.78. The van der Waals surface area contributed by atoms with E-state index in [0.29, 0.717) is 6.04 Å². The summed E-state index contributed by atoms with van der Waals surface area (Å²) in [6.07, 6.45) is 4.61. The number of likely N-dealkylation sites (tertiary alicyclic amines) is 1. The van der Waals surface area contributed by atoms with Crippen LogP contribution < -0.4 is 10.6 Å². The Hall–Kier alpha value is -0.610. The Morgan fingerprint density at radius 1 is 1.41 bits per heavy atom. The monoisotopic (exact) mass is 239 g/mol. The molecule has 0 aromatic carbocycles. The van der Waals surface area contributed by atoms with E-state index in [0.717, 1.165) is 32.5 Å². The smallest absolute Gasteiger partial charge is 0.223 e. The molecule has 0 aliphatic carbocycles. The van der Waals surface area contributed by atoms with E-state index < -0.39 is 0 Å². The minimum atomic E-state index is 0.227. The zero-order valence-corrected chi connectivity index (χ0v) is 10.9. The van der Waals surface area contributed by atoms with Gasteiger partial charge in [-0.2, -0.15) is 0 Å². The van der Waals surface area contributed by atoms with Crippen LogP contribution in [0, 0.1) is 5.92 Å². The van der Waals surface area contributed by atoms with Gasteiger partial charge in [-0.15, -0.1) is 0 Å². The Labute approximate surface area is 104 Å². The molecule has 4 nitrogen and oxygen atoms in total. The number of hydrogen-bond donors (Lipinski definition) is 2. The quantitative estimate of drug-likeness (QED) is 0.754. The van der Waals surface area contributed by atoms with Crippen molar-refractivity contribution in [2.75, 3.05) is 32.7 Å². The van der Waals surface area contributed by atoms with Crippen molar-refractivity contribution in [2.24, 2.45) is 5.92 Å². The molecule has 2 N–H and O–H groups in total. The molecule has 1 amide bonds. The van der Waals surface area contributed by atoms with Crippen LogP contribution >= 0.6 is 0 Å². The Morgan fingerprint density at radius 2 is 2.18 bits per heavy atom. The maximum atomic E-state index is 12.0. The summed E-state index contributed by atoms with van der Waals surface area (Å²) >= 11 is 0. The van der Waals surface area contributed by atoms with Gasteiger partial charge < -0.3 is 15.5 Å². The van der Waals surface area contributed by atoms with E-state index in [1.807, 2.05) is 0 Å². The van der Waals surface area contributed by atoms with Gasteiger partial charge in [0.05, 0.1) is 0 Å². The summed E-state index contributed by atoms with van der Waals surface area (Å²) in [5, 5.41) is 6.47. The Bertz CT molecular complexity index is 251. The maximum Gasteiger partial charge on any atom is 0.223 e. The Balaban J connectivity index is 1.62. The molecule has 2 fully saturated rings. The molecule has 2 aliphatic rings. The van der Waals surface area contributed by atoms with Crippen LogP contribution in [-0.4, -0.2) is 49.6 Å². The van der Waals surface area contributed by atoms with E-state index in [-0.39, 0.29) is 11.8 Å². The molecule has 4 heteroatoms. The first-order valence-corrected chi connectivity index (χ1v) is 6.99. The summed E-state index contributed by atoms with van der Waals surface area (Å²) in [6, 6.07) is 0.484. The number of rotatable bonds is 4. The van der Waals surface area contributed by atoms with Gasteiger partial charge in [-0.25, -0.2) is 0 Å². The molecule has 0 bridgehead atoms. The summed E-state index contributed by atoms with van der Waals surface area (Å²) in [7, 11) is 0. The van der Waals surface area contributed by atoms with Gasteiger partial charge in [0.2, 0.25) is 5.91 Å². The molecule has 98 valence electrons. The SMILES string of the molecule is CC1CC(C(=O)NCCN2CCCC2)CCN1.